The number of nitrogens with one attached hydrogen (secondary N) is 1. The number of rotatable bonds is 1. The fraction of sp³-hybridized carbons (Fsp3) is 0.588. The molecule has 114 valence electrons. The number of thioether (sulfide) groups is 1. The topological polar surface area (TPSA) is 32.3 Å². The van der Waals surface area contributed by atoms with Gasteiger partial charge in [0.05, 0.1) is 0 Å². The highest BCUT2D eigenvalue weighted by atomic mass is 32.2. The van der Waals surface area contributed by atoms with Crippen molar-refractivity contribution in [2.45, 2.75) is 37.9 Å². The van der Waals surface area contributed by atoms with Crippen LogP contribution in [0.4, 0.5) is 5.69 Å². The van der Waals surface area contributed by atoms with Crippen LogP contribution >= 0.6 is 11.8 Å². The third kappa shape index (κ3) is 3.37. The zero-order valence-electron chi connectivity index (χ0n) is 12.9. The van der Waals surface area contributed by atoms with Crippen molar-refractivity contribution in [3.63, 3.8) is 0 Å². The Kier molecular flexibility index (Phi) is 4.16. The first-order valence-corrected chi connectivity index (χ1v) is 8.84. The van der Waals surface area contributed by atoms with E-state index in [4.69, 9.17) is 0 Å². The monoisotopic (exact) mass is 304 g/mol. The second kappa shape index (κ2) is 5.91. The first-order chi connectivity index (χ1) is 10.1. The lowest BCUT2D eigenvalue weighted by molar-refractivity contribution is 0.0764. The largest absolute Gasteiger partial charge is 0.385 e. The van der Waals surface area contributed by atoms with Crippen LogP contribution in [0.15, 0.2) is 18.2 Å². The summed E-state index contributed by atoms with van der Waals surface area (Å²) >= 11 is 1.98. The number of aryl methyl sites for hydroxylation is 1. The van der Waals surface area contributed by atoms with E-state index in [2.05, 4.69) is 31.3 Å². The third-order valence-electron chi connectivity index (χ3n) is 4.42. The molecule has 1 fully saturated rings. The maximum absolute atomic E-state index is 12.7. The van der Waals surface area contributed by atoms with Gasteiger partial charge in [0.25, 0.3) is 5.91 Å². The van der Waals surface area contributed by atoms with Gasteiger partial charge in [0, 0.05) is 41.4 Å². The van der Waals surface area contributed by atoms with E-state index in [1.807, 2.05) is 22.7 Å². The Morgan fingerprint density at radius 1 is 1.33 bits per heavy atom. The van der Waals surface area contributed by atoms with Crippen LogP contribution in [0, 0.1) is 0 Å². The van der Waals surface area contributed by atoms with E-state index in [0.29, 0.717) is 0 Å². The smallest absolute Gasteiger partial charge is 0.253 e. The van der Waals surface area contributed by atoms with E-state index in [-0.39, 0.29) is 10.7 Å². The zero-order valence-corrected chi connectivity index (χ0v) is 13.8. The summed E-state index contributed by atoms with van der Waals surface area (Å²) in [6, 6.07) is 6.13. The molecule has 1 aromatic rings. The summed E-state index contributed by atoms with van der Waals surface area (Å²) in [7, 11) is 0. The van der Waals surface area contributed by atoms with Crippen molar-refractivity contribution < 1.29 is 4.79 Å². The van der Waals surface area contributed by atoms with Gasteiger partial charge in [0.2, 0.25) is 0 Å². The molecule has 3 rings (SSSR count). The molecule has 1 aromatic carbocycles. The number of nitrogens with zero attached hydrogens (tertiary/aromatic N) is 1. The van der Waals surface area contributed by atoms with Crippen LogP contribution in [0.25, 0.3) is 0 Å². The number of anilines is 1. The van der Waals surface area contributed by atoms with Gasteiger partial charge in [-0.25, -0.2) is 0 Å². The van der Waals surface area contributed by atoms with Crippen LogP contribution in [-0.4, -0.2) is 40.9 Å². The first kappa shape index (κ1) is 14.8. The number of carbonyl (C=O) groups is 1. The van der Waals surface area contributed by atoms with Gasteiger partial charge >= 0.3 is 0 Å². The molecule has 0 bridgehead atoms. The van der Waals surface area contributed by atoms with E-state index in [9.17, 15) is 4.79 Å². The third-order valence-corrected chi connectivity index (χ3v) is 5.79. The number of fused-ring (bicyclic) bond motifs is 1. The van der Waals surface area contributed by atoms with Gasteiger partial charge in [0.1, 0.15) is 0 Å². The van der Waals surface area contributed by atoms with Gasteiger partial charge in [-0.05, 0) is 43.0 Å². The molecular formula is C17H24N2OS. The number of amides is 1. The lowest BCUT2D eigenvalue weighted by atomic mass is 10.00. The van der Waals surface area contributed by atoms with Gasteiger partial charge in [-0.3, -0.25) is 4.79 Å². The minimum Gasteiger partial charge on any atom is -0.385 e. The van der Waals surface area contributed by atoms with Crippen LogP contribution in [-0.2, 0) is 6.42 Å². The average molecular weight is 304 g/mol. The van der Waals surface area contributed by atoms with Crippen LogP contribution in [0.1, 0.15) is 42.6 Å². The van der Waals surface area contributed by atoms with Crippen LogP contribution < -0.4 is 5.32 Å². The highest BCUT2D eigenvalue weighted by molar-refractivity contribution is 8.00. The molecule has 2 aliphatic rings. The molecule has 1 N–H and O–H groups in total. The second-order valence-corrected chi connectivity index (χ2v) is 8.35. The molecular weight excluding hydrogens is 280 g/mol. The molecule has 3 nitrogen and oxygen atoms in total. The van der Waals surface area contributed by atoms with Crippen molar-refractivity contribution in [2.24, 2.45) is 0 Å². The molecule has 2 aliphatic heterocycles. The lowest BCUT2D eigenvalue weighted by Gasteiger charge is -2.24. The Morgan fingerprint density at radius 2 is 2.19 bits per heavy atom. The summed E-state index contributed by atoms with van der Waals surface area (Å²) in [5, 5.41) is 3.40. The van der Waals surface area contributed by atoms with E-state index >= 15 is 0 Å². The molecule has 0 radical (unpaired) electrons. The summed E-state index contributed by atoms with van der Waals surface area (Å²) in [4.78, 5) is 14.8. The van der Waals surface area contributed by atoms with Gasteiger partial charge in [-0.15, -0.1) is 0 Å². The standard InChI is InChI=1S/C17H24N2OS/c1-17(2)7-9-19(10-11-21-17)16(20)14-5-6-15-13(12-14)4-3-8-18-15/h5-6,12,18H,3-4,7-11H2,1-2H3. The summed E-state index contributed by atoms with van der Waals surface area (Å²) in [5.41, 5.74) is 3.34. The Hall–Kier alpha value is -1.16. The molecule has 1 saturated heterocycles. The van der Waals surface area contributed by atoms with Crippen molar-refractivity contribution in [2.75, 3.05) is 30.7 Å². The SMILES string of the molecule is CC1(C)CCN(C(=O)c2ccc3c(c2)CCCN3)CCS1. The minimum atomic E-state index is 0.196. The quantitative estimate of drug-likeness (QED) is 0.863. The molecule has 4 heteroatoms. The molecule has 0 spiro atoms. The maximum atomic E-state index is 12.7. The van der Waals surface area contributed by atoms with Crippen molar-refractivity contribution in [1.29, 1.82) is 0 Å². The highest BCUT2D eigenvalue weighted by Gasteiger charge is 2.26. The predicted molar refractivity (Wildman–Crippen MR) is 90.3 cm³/mol. The van der Waals surface area contributed by atoms with Crippen LogP contribution in [0.3, 0.4) is 0 Å². The average Bonchev–Trinajstić information content (AvgIpc) is 2.67. The molecule has 0 unspecified atom stereocenters. The maximum Gasteiger partial charge on any atom is 0.253 e. The molecule has 2 heterocycles. The molecule has 21 heavy (non-hydrogen) atoms. The summed E-state index contributed by atoms with van der Waals surface area (Å²) < 4.78 is 0.287. The Bertz CT molecular complexity index is 542. The van der Waals surface area contributed by atoms with E-state index < -0.39 is 0 Å². The first-order valence-electron chi connectivity index (χ1n) is 7.85. The van der Waals surface area contributed by atoms with E-state index in [1.54, 1.807) is 0 Å². The molecule has 0 atom stereocenters. The molecule has 0 aliphatic carbocycles. The van der Waals surface area contributed by atoms with Crippen molar-refractivity contribution in [1.82, 2.24) is 4.90 Å². The summed E-state index contributed by atoms with van der Waals surface area (Å²) in [6.07, 6.45) is 3.29. The molecule has 0 aromatic heterocycles. The number of benzene rings is 1. The molecule has 1 amide bonds. The van der Waals surface area contributed by atoms with Crippen molar-refractivity contribution in [3.05, 3.63) is 29.3 Å². The normalized spacial score (nSPS) is 21.1. The van der Waals surface area contributed by atoms with Crippen LogP contribution in [0.2, 0.25) is 0 Å². The van der Waals surface area contributed by atoms with E-state index in [0.717, 1.165) is 50.2 Å². The minimum absolute atomic E-state index is 0.196. The van der Waals surface area contributed by atoms with Crippen molar-refractivity contribution >= 4 is 23.4 Å². The van der Waals surface area contributed by atoms with Crippen molar-refractivity contribution in [3.8, 4) is 0 Å². The summed E-state index contributed by atoms with van der Waals surface area (Å²) in [6.45, 7) is 7.32. The Morgan fingerprint density at radius 3 is 3.05 bits per heavy atom. The van der Waals surface area contributed by atoms with Gasteiger partial charge in [-0.1, -0.05) is 13.8 Å². The number of carbonyl (C=O) groups excluding carboxylic acids is 1. The number of hydrogen-bond donors (Lipinski definition) is 1. The zero-order chi connectivity index (χ0) is 14.9. The lowest BCUT2D eigenvalue weighted by Crippen LogP contribution is -2.33. The number of hydrogen-bond acceptors (Lipinski definition) is 3. The van der Waals surface area contributed by atoms with Crippen LogP contribution in [0.5, 0.6) is 0 Å². The molecule has 0 saturated carbocycles. The van der Waals surface area contributed by atoms with E-state index in [1.165, 1.54) is 11.3 Å². The fourth-order valence-electron chi connectivity index (χ4n) is 3.01. The predicted octanol–water partition coefficient (Wildman–Crippen LogP) is 3.40. The fourth-order valence-corrected chi connectivity index (χ4v) is 4.11. The highest BCUT2D eigenvalue weighted by Crippen LogP contribution is 2.31. The Labute approximate surface area is 131 Å². The summed E-state index contributed by atoms with van der Waals surface area (Å²) in [5.74, 6) is 1.23. The Balaban J connectivity index is 1.75. The van der Waals surface area contributed by atoms with Gasteiger partial charge < -0.3 is 10.2 Å². The van der Waals surface area contributed by atoms with Gasteiger partial charge in [-0.2, -0.15) is 11.8 Å². The van der Waals surface area contributed by atoms with Gasteiger partial charge in [0.15, 0.2) is 0 Å². The second-order valence-electron chi connectivity index (χ2n) is 6.55.